The molecule has 3 aliphatic heterocycles. The molecular weight excluding hydrogens is 432 g/mol. The quantitative estimate of drug-likeness (QED) is 0.673. The van der Waals surface area contributed by atoms with Gasteiger partial charge in [0.25, 0.3) is 0 Å². The molecule has 3 heterocycles. The summed E-state index contributed by atoms with van der Waals surface area (Å²) in [6, 6.07) is 14.8. The van der Waals surface area contributed by atoms with Crippen LogP contribution in [0.4, 0.5) is 5.69 Å². The second-order valence-corrected chi connectivity index (χ2v) is 9.81. The Morgan fingerprint density at radius 1 is 1.09 bits per heavy atom. The summed E-state index contributed by atoms with van der Waals surface area (Å²) < 4.78 is 5.95. The van der Waals surface area contributed by atoms with Gasteiger partial charge in [-0.15, -0.1) is 0 Å². The Balaban J connectivity index is 1.55. The first-order valence-corrected chi connectivity index (χ1v) is 11.9. The number of para-hydroxylation sites is 1. The molecule has 6 rings (SSSR count). The number of nitrogens with zero attached hydrogens (tertiary/aromatic N) is 2. The third-order valence-electron chi connectivity index (χ3n) is 7.69. The van der Waals surface area contributed by atoms with E-state index in [1.807, 2.05) is 48.5 Å². The number of likely N-dealkylation sites (tertiary alicyclic amines) is 1. The second kappa shape index (κ2) is 7.56. The summed E-state index contributed by atoms with van der Waals surface area (Å²) in [5.74, 6) is 0.217. The topological polar surface area (TPSA) is 105 Å². The predicted octanol–water partition coefficient (Wildman–Crippen LogP) is 1.63. The molecule has 1 spiro atoms. The molecule has 2 atom stereocenters. The highest BCUT2D eigenvalue weighted by atomic mass is 16.5. The Bertz CT molecular complexity index is 1190. The van der Waals surface area contributed by atoms with Crippen LogP contribution in [0.5, 0.6) is 5.75 Å². The van der Waals surface area contributed by atoms with E-state index in [1.54, 1.807) is 9.80 Å². The van der Waals surface area contributed by atoms with Crippen LogP contribution in [0.25, 0.3) is 0 Å². The molecule has 34 heavy (non-hydrogen) atoms. The molecule has 0 radical (unpaired) electrons. The van der Waals surface area contributed by atoms with Gasteiger partial charge in [-0.25, -0.2) is 0 Å². The number of hydrogen-bond donors (Lipinski definition) is 2. The predicted molar refractivity (Wildman–Crippen MR) is 125 cm³/mol. The first-order chi connectivity index (χ1) is 16.4. The SMILES string of the molecule is NC1(C(=O)N2CC[C@]34C(=O)N(CC(=O)NCCCOc5cccc(c5)[C@H]23)c2ccccc24)CC1. The molecule has 8 nitrogen and oxygen atoms in total. The number of hydrogen-bond acceptors (Lipinski definition) is 5. The molecule has 0 unspecified atom stereocenters. The molecule has 2 fully saturated rings. The Kier molecular flexibility index (Phi) is 4.71. The summed E-state index contributed by atoms with van der Waals surface area (Å²) in [4.78, 5) is 44.0. The number of carbonyl (C=O) groups excluding carboxylic acids is 3. The molecule has 1 saturated carbocycles. The van der Waals surface area contributed by atoms with Crippen LogP contribution in [-0.4, -0.2) is 54.4 Å². The van der Waals surface area contributed by atoms with E-state index in [0.717, 1.165) is 16.8 Å². The van der Waals surface area contributed by atoms with Crippen molar-refractivity contribution in [2.45, 2.75) is 42.7 Å². The summed E-state index contributed by atoms with van der Waals surface area (Å²) in [6.07, 6.45) is 2.43. The van der Waals surface area contributed by atoms with Gasteiger partial charge in [-0.1, -0.05) is 30.3 Å². The van der Waals surface area contributed by atoms with Crippen molar-refractivity contribution in [2.24, 2.45) is 5.73 Å². The number of ether oxygens (including phenoxy) is 1. The van der Waals surface area contributed by atoms with Gasteiger partial charge < -0.3 is 25.6 Å². The lowest BCUT2D eigenvalue weighted by Gasteiger charge is -2.36. The molecule has 176 valence electrons. The lowest BCUT2D eigenvalue weighted by Crippen LogP contribution is -2.50. The van der Waals surface area contributed by atoms with E-state index in [2.05, 4.69) is 5.32 Å². The van der Waals surface area contributed by atoms with Crippen molar-refractivity contribution in [3.63, 3.8) is 0 Å². The van der Waals surface area contributed by atoms with Crippen molar-refractivity contribution >= 4 is 23.4 Å². The molecular formula is C26H28N4O4. The maximum atomic E-state index is 14.3. The number of rotatable bonds is 1. The molecule has 3 amide bonds. The first kappa shape index (κ1) is 21.2. The Morgan fingerprint density at radius 3 is 2.74 bits per heavy atom. The molecule has 8 heteroatoms. The molecule has 1 saturated heterocycles. The van der Waals surface area contributed by atoms with Gasteiger partial charge in [-0.05, 0) is 55.0 Å². The van der Waals surface area contributed by atoms with Crippen LogP contribution in [0.2, 0.25) is 0 Å². The number of fused-ring (bicyclic) bond motifs is 6. The Labute approximate surface area is 198 Å². The highest BCUT2D eigenvalue weighted by molar-refractivity contribution is 6.12. The summed E-state index contributed by atoms with van der Waals surface area (Å²) in [7, 11) is 0. The zero-order valence-corrected chi connectivity index (χ0v) is 19.0. The number of benzene rings is 2. The largest absolute Gasteiger partial charge is 0.494 e. The van der Waals surface area contributed by atoms with Crippen molar-refractivity contribution in [3.05, 3.63) is 59.7 Å². The standard InChI is InChI=1S/C26H28N4O4/c27-25(9-10-25)23(32)29-13-11-26-19-7-1-2-8-20(19)30(24(26)33)16-21(31)28-12-4-14-34-18-6-3-5-17(15-18)22(26)29/h1-3,5-8,15,22H,4,9-14,16,27H2,(H,28,31)/t22-,26+/m0/s1. The van der Waals surface area contributed by atoms with E-state index in [0.29, 0.717) is 51.1 Å². The van der Waals surface area contributed by atoms with E-state index in [-0.39, 0.29) is 24.3 Å². The minimum atomic E-state index is -0.986. The highest BCUT2D eigenvalue weighted by Gasteiger charge is 2.63. The minimum absolute atomic E-state index is 0.0556. The van der Waals surface area contributed by atoms with Gasteiger partial charge in [0.2, 0.25) is 17.7 Å². The number of amides is 3. The van der Waals surface area contributed by atoms with Gasteiger partial charge in [0.1, 0.15) is 17.7 Å². The normalized spacial score (nSPS) is 27.3. The average Bonchev–Trinajstić information content (AvgIpc) is 3.40. The third-order valence-corrected chi connectivity index (χ3v) is 7.69. The Hall–Kier alpha value is -3.39. The van der Waals surface area contributed by atoms with Crippen molar-refractivity contribution in [3.8, 4) is 5.75 Å². The van der Waals surface area contributed by atoms with Crippen molar-refractivity contribution in [2.75, 3.05) is 31.1 Å². The summed E-state index contributed by atoms with van der Waals surface area (Å²) in [6.45, 7) is 1.29. The summed E-state index contributed by atoms with van der Waals surface area (Å²) in [5, 5.41) is 2.90. The summed E-state index contributed by atoms with van der Waals surface area (Å²) >= 11 is 0. The zero-order chi connectivity index (χ0) is 23.5. The second-order valence-electron chi connectivity index (χ2n) is 9.81. The van der Waals surface area contributed by atoms with Crippen LogP contribution < -0.4 is 20.7 Å². The van der Waals surface area contributed by atoms with Crippen LogP contribution in [0.1, 0.15) is 42.9 Å². The monoisotopic (exact) mass is 460 g/mol. The van der Waals surface area contributed by atoms with Gasteiger partial charge in [0.05, 0.1) is 18.2 Å². The number of nitrogens with two attached hydrogens (primary N) is 1. The number of anilines is 1. The molecule has 4 bridgehead atoms. The molecule has 3 N–H and O–H groups in total. The minimum Gasteiger partial charge on any atom is -0.494 e. The molecule has 4 aliphatic rings. The van der Waals surface area contributed by atoms with Crippen LogP contribution in [0, 0.1) is 0 Å². The van der Waals surface area contributed by atoms with E-state index >= 15 is 0 Å². The maximum absolute atomic E-state index is 14.3. The zero-order valence-electron chi connectivity index (χ0n) is 19.0. The summed E-state index contributed by atoms with van der Waals surface area (Å²) in [5.41, 5.74) is 6.96. The molecule has 2 aromatic rings. The number of carbonyl (C=O) groups is 3. The van der Waals surface area contributed by atoms with Crippen LogP contribution >= 0.6 is 0 Å². The van der Waals surface area contributed by atoms with Gasteiger partial charge in [-0.2, -0.15) is 0 Å². The molecule has 1 aliphatic carbocycles. The van der Waals surface area contributed by atoms with Crippen LogP contribution in [-0.2, 0) is 19.8 Å². The fraction of sp³-hybridized carbons (Fsp3) is 0.423. The van der Waals surface area contributed by atoms with Crippen LogP contribution in [0.15, 0.2) is 48.5 Å². The van der Waals surface area contributed by atoms with E-state index in [9.17, 15) is 14.4 Å². The molecule has 0 aromatic heterocycles. The average molecular weight is 461 g/mol. The van der Waals surface area contributed by atoms with Crippen molar-refractivity contribution in [1.82, 2.24) is 10.2 Å². The fourth-order valence-corrected chi connectivity index (χ4v) is 5.82. The van der Waals surface area contributed by atoms with Gasteiger partial charge in [-0.3, -0.25) is 14.4 Å². The van der Waals surface area contributed by atoms with Gasteiger partial charge >= 0.3 is 0 Å². The van der Waals surface area contributed by atoms with Crippen LogP contribution in [0.3, 0.4) is 0 Å². The van der Waals surface area contributed by atoms with E-state index in [1.165, 1.54) is 0 Å². The first-order valence-electron chi connectivity index (χ1n) is 11.9. The van der Waals surface area contributed by atoms with E-state index in [4.69, 9.17) is 10.5 Å². The van der Waals surface area contributed by atoms with Gasteiger partial charge in [0.15, 0.2) is 0 Å². The highest BCUT2D eigenvalue weighted by Crippen LogP contribution is 2.57. The maximum Gasteiger partial charge on any atom is 0.243 e. The number of nitrogens with one attached hydrogen (secondary N) is 1. The van der Waals surface area contributed by atoms with Crippen molar-refractivity contribution in [1.29, 1.82) is 0 Å². The smallest absolute Gasteiger partial charge is 0.243 e. The lowest BCUT2D eigenvalue weighted by molar-refractivity contribution is -0.136. The lowest BCUT2D eigenvalue weighted by atomic mass is 9.72. The van der Waals surface area contributed by atoms with E-state index < -0.39 is 17.0 Å². The fourth-order valence-electron chi connectivity index (χ4n) is 5.82. The molecule has 2 aromatic carbocycles. The Morgan fingerprint density at radius 2 is 1.91 bits per heavy atom. The van der Waals surface area contributed by atoms with Gasteiger partial charge in [0, 0.05) is 18.8 Å². The third kappa shape index (κ3) is 3.05. The van der Waals surface area contributed by atoms with Crippen molar-refractivity contribution < 1.29 is 19.1 Å².